The second kappa shape index (κ2) is 12.9. The van der Waals surface area contributed by atoms with Gasteiger partial charge < -0.3 is 10.5 Å². The van der Waals surface area contributed by atoms with E-state index in [4.69, 9.17) is 5.73 Å². The molecular formula is C14H26BrNO2S. The zero-order valence-corrected chi connectivity index (χ0v) is 14.3. The lowest BCUT2D eigenvalue weighted by atomic mass is 9.91. The van der Waals surface area contributed by atoms with Crippen molar-refractivity contribution in [2.45, 2.75) is 58.5 Å². The highest BCUT2D eigenvalue weighted by Crippen LogP contribution is 2.30. The summed E-state index contributed by atoms with van der Waals surface area (Å²) in [6.07, 6.45) is 9.72. The Morgan fingerprint density at radius 1 is 1.47 bits per heavy atom. The topological polar surface area (TPSA) is 52.3 Å². The van der Waals surface area contributed by atoms with Crippen molar-refractivity contribution in [1.82, 2.24) is 0 Å². The first-order chi connectivity index (χ1) is 9.13. The van der Waals surface area contributed by atoms with Crippen molar-refractivity contribution in [2.24, 2.45) is 11.7 Å². The summed E-state index contributed by atoms with van der Waals surface area (Å²) >= 11 is 5.24. The Kier molecular flexibility index (Phi) is 12.7. The molecule has 0 amide bonds. The maximum atomic E-state index is 9.55. The minimum absolute atomic E-state index is 0.0810. The van der Waals surface area contributed by atoms with E-state index in [2.05, 4.69) is 20.7 Å². The van der Waals surface area contributed by atoms with Crippen LogP contribution in [0.4, 0.5) is 0 Å². The summed E-state index contributed by atoms with van der Waals surface area (Å²) in [6.45, 7) is 4.30. The van der Waals surface area contributed by atoms with Gasteiger partial charge in [-0.3, -0.25) is 4.79 Å². The van der Waals surface area contributed by atoms with Crippen molar-refractivity contribution in [3.05, 3.63) is 10.0 Å². The van der Waals surface area contributed by atoms with Crippen LogP contribution in [0, 0.1) is 5.92 Å². The van der Waals surface area contributed by atoms with Gasteiger partial charge in [0.15, 0.2) is 0 Å². The fourth-order valence-corrected chi connectivity index (χ4v) is 3.01. The van der Waals surface area contributed by atoms with Crippen LogP contribution in [-0.2, 0) is 9.53 Å². The molecule has 0 aromatic rings. The fraction of sp³-hybridized carbons (Fsp3) is 0.786. The molecular weight excluding hydrogens is 326 g/mol. The van der Waals surface area contributed by atoms with E-state index in [-0.39, 0.29) is 6.10 Å². The quantitative estimate of drug-likeness (QED) is 0.720. The van der Waals surface area contributed by atoms with E-state index < -0.39 is 0 Å². The molecule has 0 radical (unpaired) electrons. The molecule has 5 heteroatoms. The number of ether oxygens (including phenoxy) is 1. The maximum Gasteiger partial charge on any atom is 0.293 e. The lowest BCUT2D eigenvalue weighted by molar-refractivity contribution is -0.132. The Bertz CT molecular complexity index is 256. The molecule has 1 unspecified atom stereocenters. The third-order valence-electron chi connectivity index (χ3n) is 3.18. The average Bonchev–Trinajstić information content (AvgIpc) is 2.46. The van der Waals surface area contributed by atoms with Crippen LogP contribution in [0.3, 0.4) is 0 Å². The van der Waals surface area contributed by atoms with Gasteiger partial charge in [0, 0.05) is 12.0 Å². The summed E-state index contributed by atoms with van der Waals surface area (Å²) in [5.74, 6) is 2.16. The zero-order chi connectivity index (χ0) is 14.5. The van der Waals surface area contributed by atoms with E-state index >= 15 is 0 Å². The first-order valence-corrected chi connectivity index (χ1v) is 8.71. The predicted octanol–water partition coefficient (Wildman–Crippen LogP) is 4.41. The highest BCUT2D eigenvalue weighted by molar-refractivity contribution is 9.14. The molecule has 2 N–H and O–H groups in total. The van der Waals surface area contributed by atoms with Gasteiger partial charge in [-0.1, -0.05) is 26.2 Å². The van der Waals surface area contributed by atoms with Crippen molar-refractivity contribution in [2.75, 3.05) is 5.75 Å². The number of rotatable bonds is 6. The van der Waals surface area contributed by atoms with Crippen LogP contribution < -0.4 is 5.73 Å². The lowest BCUT2D eigenvalue weighted by Gasteiger charge is -2.20. The molecule has 3 nitrogen and oxygen atoms in total. The lowest BCUT2D eigenvalue weighted by Crippen LogP contribution is -2.08. The fourth-order valence-electron chi connectivity index (χ4n) is 1.79. The second-order valence-electron chi connectivity index (χ2n) is 4.74. The molecule has 0 saturated heterocycles. The third-order valence-corrected chi connectivity index (χ3v) is 5.18. The summed E-state index contributed by atoms with van der Waals surface area (Å²) < 4.78 is 5.59. The molecule has 0 heterocycles. The van der Waals surface area contributed by atoms with Gasteiger partial charge in [-0.05, 0) is 48.0 Å². The molecule has 1 saturated carbocycles. The SMILES string of the molecule is CCC(C)OC=O.N/C=C(/Br)SCC1CCCCC1. The van der Waals surface area contributed by atoms with Crippen LogP contribution in [0.1, 0.15) is 52.4 Å². The zero-order valence-electron chi connectivity index (χ0n) is 11.9. The van der Waals surface area contributed by atoms with Crippen LogP contribution in [0.25, 0.3) is 0 Å². The number of halogens is 1. The van der Waals surface area contributed by atoms with Gasteiger partial charge >= 0.3 is 0 Å². The van der Waals surface area contributed by atoms with Crippen LogP contribution in [0.5, 0.6) is 0 Å². The summed E-state index contributed by atoms with van der Waals surface area (Å²) in [4.78, 5) is 9.55. The second-order valence-corrected chi connectivity index (χ2v) is 7.18. The Balaban J connectivity index is 0.000000399. The van der Waals surface area contributed by atoms with E-state index in [9.17, 15) is 4.79 Å². The molecule has 0 bridgehead atoms. The molecule has 1 aliphatic carbocycles. The smallest absolute Gasteiger partial charge is 0.293 e. The Hall–Kier alpha value is -0.160. The van der Waals surface area contributed by atoms with Gasteiger partial charge in [0.05, 0.1) is 9.92 Å². The molecule has 19 heavy (non-hydrogen) atoms. The maximum absolute atomic E-state index is 9.55. The van der Waals surface area contributed by atoms with Crippen molar-refractivity contribution in [3.8, 4) is 0 Å². The number of hydrogen-bond acceptors (Lipinski definition) is 4. The number of carbonyl (C=O) groups is 1. The monoisotopic (exact) mass is 351 g/mol. The minimum atomic E-state index is 0.0810. The summed E-state index contributed by atoms with van der Waals surface area (Å²) in [5.41, 5.74) is 5.36. The van der Waals surface area contributed by atoms with E-state index in [0.29, 0.717) is 6.47 Å². The molecule has 1 aliphatic rings. The van der Waals surface area contributed by atoms with Gasteiger partial charge in [-0.2, -0.15) is 0 Å². The molecule has 0 aromatic heterocycles. The van der Waals surface area contributed by atoms with Crippen LogP contribution in [0.15, 0.2) is 10.0 Å². The molecule has 1 fully saturated rings. The molecule has 1 rings (SSSR count). The first-order valence-electron chi connectivity index (χ1n) is 6.93. The molecule has 0 spiro atoms. The Morgan fingerprint density at radius 3 is 2.53 bits per heavy atom. The van der Waals surface area contributed by atoms with Crippen molar-refractivity contribution in [3.63, 3.8) is 0 Å². The molecule has 1 atom stereocenters. The Morgan fingerprint density at radius 2 is 2.11 bits per heavy atom. The van der Waals surface area contributed by atoms with Gasteiger partial charge in [0.2, 0.25) is 0 Å². The highest BCUT2D eigenvalue weighted by Gasteiger charge is 2.13. The van der Waals surface area contributed by atoms with E-state index in [1.54, 1.807) is 6.20 Å². The minimum Gasteiger partial charge on any atom is -0.465 e. The summed E-state index contributed by atoms with van der Waals surface area (Å²) in [5, 5.41) is 0. The van der Waals surface area contributed by atoms with Crippen LogP contribution >= 0.6 is 27.7 Å². The van der Waals surface area contributed by atoms with Gasteiger partial charge in [-0.15, -0.1) is 11.8 Å². The summed E-state index contributed by atoms with van der Waals surface area (Å²) in [7, 11) is 0. The largest absolute Gasteiger partial charge is 0.465 e. The molecule has 0 aromatic carbocycles. The standard InChI is InChI=1S/C9H16BrNS.C5H10O2/c10-9(6-11)12-7-8-4-2-1-3-5-8;1-3-5(2)7-4-6/h6,8H,1-5,7,11H2;4-5H,3H2,1-2H3/b9-6-;. The van der Waals surface area contributed by atoms with Gasteiger partial charge in [0.25, 0.3) is 6.47 Å². The van der Waals surface area contributed by atoms with E-state index in [1.165, 1.54) is 37.9 Å². The van der Waals surface area contributed by atoms with Crippen LogP contribution in [0.2, 0.25) is 0 Å². The van der Waals surface area contributed by atoms with Crippen LogP contribution in [-0.4, -0.2) is 18.3 Å². The van der Waals surface area contributed by atoms with Crippen molar-refractivity contribution in [1.29, 1.82) is 0 Å². The average molecular weight is 352 g/mol. The number of carbonyl (C=O) groups excluding carboxylic acids is 1. The van der Waals surface area contributed by atoms with E-state index in [0.717, 1.165) is 16.2 Å². The number of nitrogens with two attached hydrogens (primary N) is 1. The normalized spacial score (nSPS) is 18.2. The van der Waals surface area contributed by atoms with E-state index in [1.807, 2.05) is 25.6 Å². The Labute approximate surface area is 129 Å². The highest BCUT2D eigenvalue weighted by atomic mass is 79.9. The number of thioether (sulfide) groups is 1. The number of hydrogen-bond donors (Lipinski definition) is 1. The van der Waals surface area contributed by atoms with Crippen molar-refractivity contribution < 1.29 is 9.53 Å². The van der Waals surface area contributed by atoms with Crippen molar-refractivity contribution >= 4 is 34.2 Å². The first kappa shape index (κ1) is 18.8. The predicted molar refractivity (Wildman–Crippen MR) is 87.1 cm³/mol. The van der Waals surface area contributed by atoms with Gasteiger partial charge in [-0.25, -0.2) is 0 Å². The van der Waals surface area contributed by atoms with Gasteiger partial charge in [0.1, 0.15) is 0 Å². The molecule has 0 aliphatic heterocycles. The third kappa shape index (κ3) is 11.4. The molecule has 112 valence electrons. The summed E-state index contributed by atoms with van der Waals surface area (Å²) in [6, 6.07) is 0.